The number of amides is 1. The van der Waals surface area contributed by atoms with E-state index in [1.165, 1.54) is 11.3 Å². The first kappa shape index (κ1) is 13.9. The molecule has 1 heterocycles. The molecule has 3 N–H and O–H groups in total. The van der Waals surface area contributed by atoms with Crippen molar-refractivity contribution in [2.24, 2.45) is 5.73 Å². The maximum Gasteiger partial charge on any atom is 0.242 e. The quantitative estimate of drug-likeness (QED) is 0.905. The van der Waals surface area contributed by atoms with Gasteiger partial charge in [0, 0.05) is 11.4 Å². The third-order valence-corrected chi connectivity index (χ3v) is 3.43. The van der Waals surface area contributed by atoms with Gasteiger partial charge >= 0.3 is 0 Å². The zero-order valence-corrected chi connectivity index (χ0v) is 11.8. The zero-order valence-electron chi connectivity index (χ0n) is 10.3. The van der Waals surface area contributed by atoms with Crippen LogP contribution in [0, 0.1) is 0 Å². The van der Waals surface area contributed by atoms with E-state index in [0.29, 0.717) is 16.6 Å². The van der Waals surface area contributed by atoms with E-state index in [1.807, 2.05) is 24.3 Å². The first-order valence-corrected chi connectivity index (χ1v) is 6.87. The molecule has 7 heteroatoms. The van der Waals surface area contributed by atoms with Crippen molar-refractivity contribution in [3.63, 3.8) is 0 Å². The molecule has 0 aliphatic heterocycles. The molecule has 1 aromatic heterocycles. The minimum absolute atomic E-state index is 0.273. The van der Waals surface area contributed by atoms with Gasteiger partial charge in [0.05, 0.1) is 6.04 Å². The van der Waals surface area contributed by atoms with Crippen LogP contribution in [0.2, 0.25) is 5.02 Å². The highest BCUT2D eigenvalue weighted by atomic mass is 35.5. The third kappa shape index (κ3) is 3.99. The molecule has 0 fully saturated rings. The topological polar surface area (TPSA) is 80.9 Å². The highest BCUT2D eigenvalue weighted by Gasteiger charge is 2.11. The van der Waals surface area contributed by atoms with Gasteiger partial charge in [-0.25, -0.2) is 0 Å². The first-order chi connectivity index (χ1) is 9.04. The molecule has 100 valence electrons. The second kappa shape index (κ2) is 6.10. The number of carbonyl (C=O) groups is 1. The minimum Gasteiger partial charge on any atom is -0.320 e. The molecular formula is C12H13ClN4OS. The summed E-state index contributed by atoms with van der Waals surface area (Å²) in [5.41, 5.74) is 6.51. The molecule has 5 nitrogen and oxygen atoms in total. The van der Waals surface area contributed by atoms with Crippen LogP contribution in [0.3, 0.4) is 0 Å². The predicted octanol–water partition coefficient (Wildman–Crippen LogP) is 2.07. The average Bonchev–Trinajstić information content (AvgIpc) is 2.76. The van der Waals surface area contributed by atoms with Gasteiger partial charge in [-0.05, 0) is 24.6 Å². The number of nitrogens with zero attached hydrogens (tertiary/aromatic N) is 2. The van der Waals surface area contributed by atoms with Gasteiger partial charge in [0.25, 0.3) is 0 Å². The summed E-state index contributed by atoms with van der Waals surface area (Å²) in [4.78, 5) is 11.4. The molecule has 0 aliphatic rings. The van der Waals surface area contributed by atoms with E-state index in [-0.39, 0.29) is 5.91 Å². The van der Waals surface area contributed by atoms with Gasteiger partial charge in [-0.1, -0.05) is 35.1 Å². The van der Waals surface area contributed by atoms with Crippen LogP contribution in [0.4, 0.5) is 5.13 Å². The number of halogens is 1. The lowest BCUT2D eigenvalue weighted by Gasteiger charge is -2.02. The Labute approximate surface area is 119 Å². The van der Waals surface area contributed by atoms with E-state index in [4.69, 9.17) is 17.3 Å². The van der Waals surface area contributed by atoms with Crippen LogP contribution in [0.25, 0.3) is 0 Å². The summed E-state index contributed by atoms with van der Waals surface area (Å²) in [6.45, 7) is 1.61. The maximum absolute atomic E-state index is 11.4. The molecule has 0 saturated carbocycles. The van der Waals surface area contributed by atoms with Crippen molar-refractivity contribution in [2.45, 2.75) is 19.4 Å². The maximum atomic E-state index is 11.4. The van der Waals surface area contributed by atoms with E-state index in [2.05, 4.69) is 15.5 Å². The first-order valence-electron chi connectivity index (χ1n) is 5.68. The van der Waals surface area contributed by atoms with Crippen molar-refractivity contribution in [1.82, 2.24) is 10.2 Å². The summed E-state index contributed by atoms with van der Waals surface area (Å²) in [6.07, 6.45) is 0.631. The Morgan fingerprint density at radius 2 is 2.32 bits per heavy atom. The molecule has 0 aliphatic carbocycles. The molecule has 0 saturated heterocycles. The van der Waals surface area contributed by atoms with Crippen molar-refractivity contribution in [1.29, 1.82) is 0 Å². The van der Waals surface area contributed by atoms with Crippen molar-refractivity contribution in [3.05, 3.63) is 39.9 Å². The lowest BCUT2D eigenvalue weighted by molar-refractivity contribution is -0.117. The Bertz CT molecular complexity index is 585. The van der Waals surface area contributed by atoms with Gasteiger partial charge in [-0.15, -0.1) is 10.2 Å². The summed E-state index contributed by atoms with van der Waals surface area (Å²) in [7, 11) is 0. The van der Waals surface area contributed by atoms with Crippen molar-refractivity contribution in [2.75, 3.05) is 5.32 Å². The number of nitrogens with two attached hydrogens (primary N) is 1. The molecule has 1 atom stereocenters. The van der Waals surface area contributed by atoms with Crippen LogP contribution in [0.15, 0.2) is 24.3 Å². The minimum atomic E-state index is -0.569. The number of rotatable bonds is 4. The fraction of sp³-hybridized carbons (Fsp3) is 0.250. The monoisotopic (exact) mass is 296 g/mol. The molecule has 0 radical (unpaired) electrons. The molecule has 2 aromatic rings. The average molecular weight is 297 g/mol. The summed E-state index contributed by atoms with van der Waals surface area (Å²) in [5, 5.41) is 12.5. The molecule has 1 amide bonds. The van der Waals surface area contributed by atoms with E-state index in [9.17, 15) is 4.79 Å². The highest BCUT2D eigenvalue weighted by molar-refractivity contribution is 7.15. The fourth-order valence-corrected chi connectivity index (χ4v) is 2.41. The molecular weight excluding hydrogens is 284 g/mol. The van der Waals surface area contributed by atoms with Crippen molar-refractivity contribution < 1.29 is 4.79 Å². The third-order valence-electron chi connectivity index (χ3n) is 2.35. The van der Waals surface area contributed by atoms with Gasteiger partial charge in [0.15, 0.2) is 0 Å². The van der Waals surface area contributed by atoms with Crippen LogP contribution in [0.1, 0.15) is 17.5 Å². The molecule has 1 aromatic carbocycles. The van der Waals surface area contributed by atoms with E-state index >= 15 is 0 Å². The van der Waals surface area contributed by atoms with E-state index in [1.54, 1.807) is 6.92 Å². The molecule has 0 unspecified atom stereocenters. The smallest absolute Gasteiger partial charge is 0.242 e. The van der Waals surface area contributed by atoms with Gasteiger partial charge in [0.2, 0.25) is 11.0 Å². The molecule has 0 bridgehead atoms. The number of hydrogen-bond donors (Lipinski definition) is 2. The second-order valence-corrected chi connectivity index (χ2v) is 5.58. The Hall–Kier alpha value is -1.50. The number of carbonyl (C=O) groups excluding carboxylic acids is 1. The van der Waals surface area contributed by atoms with E-state index in [0.717, 1.165) is 10.6 Å². The predicted molar refractivity (Wildman–Crippen MR) is 76.4 cm³/mol. The van der Waals surface area contributed by atoms with Gasteiger partial charge in [-0.2, -0.15) is 0 Å². The summed E-state index contributed by atoms with van der Waals surface area (Å²) < 4.78 is 0. The summed E-state index contributed by atoms with van der Waals surface area (Å²) >= 11 is 7.24. The largest absolute Gasteiger partial charge is 0.320 e. The van der Waals surface area contributed by atoms with Crippen LogP contribution >= 0.6 is 22.9 Å². The Kier molecular flexibility index (Phi) is 4.47. The Balaban J connectivity index is 2.03. The normalized spacial score (nSPS) is 12.2. The van der Waals surface area contributed by atoms with Gasteiger partial charge in [-0.3, -0.25) is 10.1 Å². The number of nitrogens with one attached hydrogen (secondary N) is 1. The molecule has 0 spiro atoms. The number of benzene rings is 1. The number of anilines is 1. The van der Waals surface area contributed by atoms with Gasteiger partial charge in [0.1, 0.15) is 5.01 Å². The Morgan fingerprint density at radius 1 is 1.53 bits per heavy atom. The lowest BCUT2D eigenvalue weighted by atomic mass is 10.2. The zero-order chi connectivity index (χ0) is 13.8. The molecule has 19 heavy (non-hydrogen) atoms. The lowest BCUT2D eigenvalue weighted by Crippen LogP contribution is -2.32. The standard InChI is InChI=1S/C12H13ClN4OS/c1-7(14)11(18)15-12-17-16-10(19-12)6-8-3-2-4-9(13)5-8/h2-5,7H,6,14H2,1H3,(H,15,17,18)/t7-/m1/s1. The van der Waals surface area contributed by atoms with Crippen LogP contribution in [0.5, 0.6) is 0 Å². The van der Waals surface area contributed by atoms with Gasteiger partial charge < -0.3 is 5.73 Å². The summed E-state index contributed by atoms with van der Waals surface area (Å²) in [5.74, 6) is -0.273. The highest BCUT2D eigenvalue weighted by Crippen LogP contribution is 2.20. The number of aromatic nitrogens is 2. The van der Waals surface area contributed by atoms with Crippen LogP contribution in [-0.2, 0) is 11.2 Å². The van der Waals surface area contributed by atoms with Crippen LogP contribution < -0.4 is 11.1 Å². The summed E-state index contributed by atoms with van der Waals surface area (Å²) in [6, 6.07) is 6.98. The van der Waals surface area contributed by atoms with E-state index < -0.39 is 6.04 Å². The number of hydrogen-bond acceptors (Lipinski definition) is 5. The second-order valence-electron chi connectivity index (χ2n) is 4.09. The SMILES string of the molecule is C[C@@H](N)C(=O)Nc1nnc(Cc2cccc(Cl)c2)s1. The molecule has 2 rings (SSSR count). The van der Waals surface area contributed by atoms with Crippen LogP contribution in [-0.4, -0.2) is 22.1 Å². The van der Waals surface area contributed by atoms with Crippen molar-refractivity contribution in [3.8, 4) is 0 Å². The van der Waals surface area contributed by atoms with Crippen molar-refractivity contribution >= 4 is 34.0 Å². The fourth-order valence-electron chi connectivity index (χ4n) is 1.42. The Morgan fingerprint density at radius 3 is 3.00 bits per heavy atom.